The van der Waals surface area contributed by atoms with E-state index >= 15 is 0 Å². The fourth-order valence-corrected chi connectivity index (χ4v) is 2.28. The van der Waals surface area contributed by atoms with Crippen molar-refractivity contribution in [1.29, 1.82) is 0 Å². The molecule has 21 heavy (non-hydrogen) atoms. The van der Waals surface area contributed by atoms with Crippen LogP contribution < -0.4 is 16.6 Å². The molecule has 1 saturated carbocycles. The van der Waals surface area contributed by atoms with Crippen LogP contribution in [0.4, 0.5) is 23.2 Å². The number of aliphatic imine (C=N–C) groups is 1. The molecule has 0 radical (unpaired) electrons. The summed E-state index contributed by atoms with van der Waals surface area (Å²) in [5, 5.41) is 2.64. The summed E-state index contributed by atoms with van der Waals surface area (Å²) in [6.07, 6.45) is -0.767. The Morgan fingerprint density at radius 3 is 2.48 bits per heavy atom. The van der Waals surface area contributed by atoms with Crippen molar-refractivity contribution in [3.8, 4) is 0 Å². The molecule has 1 fully saturated rings. The van der Waals surface area contributed by atoms with Crippen LogP contribution in [-0.2, 0) is 6.18 Å². The Hall–Kier alpha value is -1.83. The number of alkyl halides is 3. The van der Waals surface area contributed by atoms with Crippen molar-refractivity contribution >= 4 is 11.6 Å². The Morgan fingerprint density at radius 1 is 1.24 bits per heavy atom. The SMILES string of the molecule is NNC(=NC1CCCC1)Nc1ccc(F)c(C(F)(F)F)c1. The summed E-state index contributed by atoms with van der Waals surface area (Å²) in [4.78, 5) is 4.30. The topological polar surface area (TPSA) is 62.4 Å². The number of anilines is 1. The quantitative estimate of drug-likeness (QED) is 0.259. The van der Waals surface area contributed by atoms with E-state index in [9.17, 15) is 17.6 Å². The number of benzene rings is 1. The van der Waals surface area contributed by atoms with E-state index in [4.69, 9.17) is 5.84 Å². The van der Waals surface area contributed by atoms with Gasteiger partial charge < -0.3 is 5.32 Å². The van der Waals surface area contributed by atoms with E-state index in [1.54, 1.807) is 0 Å². The van der Waals surface area contributed by atoms with Gasteiger partial charge in [-0.15, -0.1) is 0 Å². The molecule has 4 N–H and O–H groups in total. The monoisotopic (exact) mass is 304 g/mol. The minimum atomic E-state index is -4.75. The van der Waals surface area contributed by atoms with Gasteiger partial charge in [-0.25, -0.2) is 15.2 Å². The lowest BCUT2D eigenvalue weighted by Crippen LogP contribution is -2.37. The highest BCUT2D eigenvalue weighted by atomic mass is 19.4. The molecule has 0 spiro atoms. The largest absolute Gasteiger partial charge is 0.419 e. The molecule has 0 saturated heterocycles. The highest BCUT2D eigenvalue weighted by Gasteiger charge is 2.34. The lowest BCUT2D eigenvalue weighted by molar-refractivity contribution is -0.139. The van der Waals surface area contributed by atoms with Crippen LogP contribution in [-0.4, -0.2) is 12.0 Å². The zero-order valence-electron chi connectivity index (χ0n) is 11.2. The number of nitrogens with two attached hydrogens (primary N) is 1. The molecule has 0 bridgehead atoms. The Kier molecular flexibility index (Phi) is 4.66. The van der Waals surface area contributed by atoms with Crippen LogP contribution in [0.5, 0.6) is 0 Å². The molecule has 2 rings (SSSR count). The summed E-state index contributed by atoms with van der Waals surface area (Å²) in [5.74, 6) is 4.16. The van der Waals surface area contributed by atoms with Gasteiger partial charge >= 0.3 is 6.18 Å². The third kappa shape index (κ3) is 4.07. The van der Waals surface area contributed by atoms with Crippen molar-refractivity contribution in [1.82, 2.24) is 5.43 Å². The van der Waals surface area contributed by atoms with Crippen LogP contribution in [0.15, 0.2) is 23.2 Å². The van der Waals surface area contributed by atoms with Crippen molar-refractivity contribution in [2.75, 3.05) is 5.32 Å². The summed E-state index contributed by atoms with van der Waals surface area (Å²) >= 11 is 0. The fraction of sp³-hybridized carbons (Fsp3) is 0.462. The molecule has 116 valence electrons. The molecule has 1 aromatic carbocycles. The van der Waals surface area contributed by atoms with Crippen LogP contribution >= 0.6 is 0 Å². The molecule has 0 aromatic heterocycles. The van der Waals surface area contributed by atoms with Gasteiger partial charge in [-0.1, -0.05) is 12.8 Å². The molecule has 0 amide bonds. The van der Waals surface area contributed by atoms with E-state index in [2.05, 4.69) is 15.7 Å². The third-order valence-electron chi connectivity index (χ3n) is 3.31. The second kappa shape index (κ2) is 6.30. The van der Waals surface area contributed by atoms with Crippen LogP contribution in [0, 0.1) is 5.82 Å². The zero-order chi connectivity index (χ0) is 15.5. The van der Waals surface area contributed by atoms with Crippen LogP contribution in [0.2, 0.25) is 0 Å². The molecular weight excluding hydrogens is 288 g/mol. The molecule has 4 nitrogen and oxygen atoms in total. The van der Waals surface area contributed by atoms with E-state index in [0.717, 1.165) is 31.7 Å². The normalized spacial score (nSPS) is 17.1. The molecule has 0 aliphatic heterocycles. The summed E-state index contributed by atoms with van der Waals surface area (Å²) < 4.78 is 51.1. The van der Waals surface area contributed by atoms with Gasteiger partial charge in [0.25, 0.3) is 0 Å². The molecule has 1 aliphatic rings. The van der Waals surface area contributed by atoms with Gasteiger partial charge in [-0.3, -0.25) is 5.43 Å². The van der Waals surface area contributed by atoms with Gasteiger partial charge in [0.15, 0.2) is 0 Å². The fourth-order valence-electron chi connectivity index (χ4n) is 2.28. The maximum Gasteiger partial charge on any atom is 0.419 e. The zero-order valence-corrected chi connectivity index (χ0v) is 11.2. The Bertz CT molecular complexity index is 521. The number of halogens is 4. The summed E-state index contributed by atoms with van der Waals surface area (Å²) in [7, 11) is 0. The molecule has 0 unspecified atom stereocenters. The Morgan fingerprint density at radius 2 is 1.90 bits per heavy atom. The van der Waals surface area contributed by atoms with Gasteiger partial charge in [0.05, 0.1) is 11.6 Å². The van der Waals surface area contributed by atoms with Crippen molar-refractivity contribution in [2.45, 2.75) is 37.9 Å². The minimum Gasteiger partial charge on any atom is -0.325 e. The van der Waals surface area contributed by atoms with Crippen molar-refractivity contribution in [2.24, 2.45) is 10.8 Å². The summed E-state index contributed by atoms with van der Waals surface area (Å²) in [5.41, 5.74) is 1.05. The number of hydrogen-bond acceptors (Lipinski definition) is 2. The van der Waals surface area contributed by atoms with Crippen molar-refractivity contribution in [3.63, 3.8) is 0 Å². The van der Waals surface area contributed by atoms with Gasteiger partial charge in [0.2, 0.25) is 5.96 Å². The first-order valence-corrected chi connectivity index (χ1v) is 6.58. The predicted molar refractivity (Wildman–Crippen MR) is 72.0 cm³/mol. The van der Waals surface area contributed by atoms with Gasteiger partial charge in [-0.05, 0) is 31.0 Å². The van der Waals surface area contributed by atoms with Crippen molar-refractivity contribution in [3.05, 3.63) is 29.6 Å². The molecule has 8 heteroatoms. The summed E-state index contributed by atoms with van der Waals surface area (Å²) in [6.45, 7) is 0. The molecule has 0 heterocycles. The van der Waals surface area contributed by atoms with Gasteiger partial charge in [0.1, 0.15) is 5.82 Å². The second-order valence-electron chi connectivity index (χ2n) is 4.88. The Balaban J connectivity index is 2.18. The lowest BCUT2D eigenvalue weighted by atomic mass is 10.2. The third-order valence-corrected chi connectivity index (χ3v) is 3.31. The average molecular weight is 304 g/mol. The van der Waals surface area contributed by atoms with Crippen LogP contribution in [0.25, 0.3) is 0 Å². The molecule has 1 aliphatic carbocycles. The Labute approximate surface area is 119 Å². The number of rotatable bonds is 2. The first-order chi connectivity index (χ1) is 9.90. The number of nitrogens with one attached hydrogen (secondary N) is 2. The maximum absolute atomic E-state index is 13.2. The predicted octanol–water partition coefficient (Wildman–Crippen LogP) is 3.02. The first kappa shape index (κ1) is 15.6. The van der Waals surface area contributed by atoms with Crippen LogP contribution in [0.1, 0.15) is 31.2 Å². The summed E-state index contributed by atoms with van der Waals surface area (Å²) in [6, 6.07) is 2.75. The van der Waals surface area contributed by atoms with Gasteiger partial charge in [-0.2, -0.15) is 13.2 Å². The second-order valence-corrected chi connectivity index (χ2v) is 4.88. The lowest BCUT2D eigenvalue weighted by Gasteiger charge is -2.14. The first-order valence-electron chi connectivity index (χ1n) is 6.58. The van der Waals surface area contributed by atoms with E-state index < -0.39 is 17.6 Å². The minimum absolute atomic E-state index is 0.0680. The standard InChI is InChI=1S/C13H16F4N4/c14-11-6-5-9(7-10(11)13(15,16)17)20-12(21-18)19-8-3-1-2-4-8/h5-8H,1-4,18H2,(H2,19,20,21). The molecular formula is C13H16F4N4. The number of hydrazine groups is 1. The average Bonchev–Trinajstić information content (AvgIpc) is 2.91. The van der Waals surface area contributed by atoms with E-state index in [-0.39, 0.29) is 17.7 Å². The van der Waals surface area contributed by atoms with E-state index in [1.807, 2.05) is 0 Å². The molecule has 1 aromatic rings. The highest BCUT2D eigenvalue weighted by molar-refractivity contribution is 5.93. The highest BCUT2D eigenvalue weighted by Crippen LogP contribution is 2.33. The van der Waals surface area contributed by atoms with Gasteiger partial charge in [0, 0.05) is 5.69 Å². The van der Waals surface area contributed by atoms with E-state index in [1.165, 1.54) is 6.07 Å². The van der Waals surface area contributed by atoms with Crippen molar-refractivity contribution < 1.29 is 17.6 Å². The number of nitrogens with zero attached hydrogens (tertiary/aromatic N) is 1. The molecule has 0 atom stereocenters. The smallest absolute Gasteiger partial charge is 0.325 e. The number of hydrogen-bond donors (Lipinski definition) is 3. The van der Waals surface area contributed by atoms with Crippen LogP contribution in [0.3, 0.4) is 0 Å². The number of guanidine groups is 1. The van der Waals surface area contributed by atoms with E-state index in [0.29, 0.717) is 6.07 Å². The maximum atomic E-state index is 13.2.